The number of aliphatic hydroxyl groups excluding tert-OH is 2. The van der Waals surface area contributed by atoms with E-state index in [1.807, 2.05) is 84.9 Å². The van der Waals surface area contributed by atoms with E-state index in [1.165, 1.54) is 36.4 Å². The normalized spacial score (nSPS) is 18.0. The largest absolute Gasteiger partial charge is 0.484 e. The van der Waals surface area contributed by atoms with Crippen LogP contribution >= 0.6 is 0 Å². The van der Waals surface area contributed by atoms with Gasteiger partial charge in [-0.25, -0.2) is 13.6 Å². The third-order valence-corrected chi connectivity index (χ3v) is 12.1. The molecule has 0 saturated carbocycles. The molecule has 0 bridgehead atoms. The summed E-state index contributed by atoms with van der Waals surface area (Å²) in [5, 5.41) is 40.8. The summed E-state index contributed by atoms with van der Waals surface area (Å²) in [4.78, 5) is 62.7. The fourth-order valence-corrected chi connectivity index (χ4v) is 8.60. The van der Waals surface area contributed by atoms with E-state index in [0.29, 0.717) is 48.3 Å². The number of nitrogens with one attached hydrogen (secondary N) is 1. The van der Waals surface area contributed by atoms with Crippen molar-refractivity contribution in [2.24, 2.45) is 11.8 Å². The number of carbonyl (C=O) groups is 5. The number of hydrogen-bond donors (Lipinski definition) is 5. The first-order valence-electron chi connectivity index (χ1n) is 22.6. The van der Waals surface area contributed by atoms with Gasteiger partial charge in [-0.3, -0.25) is 19.2 Å². The Balaban J connectivity index is 0.000000208. The summed E-state index contributed by atoms with van der Waals surface area (Å²) in [5.74, 6) is -3.39. The van der Waals surface area contributed by atoms with Crippen LogP contribution in [0, 0.1) is 23.5 Å². The summed E-state index contributed by atoms with van der Waals surface area (Å²) in [6, 6.07) is 43.6. The zero-order valence-electron chi connectivity index (χ0n) is 37.7. The number of nitrogens with zero attached hydrogens (tertiary/aromatic N) is 2. The zero-order valence-corrected chi connectivity index (χ0v) is 37.7. The van der Waals surface area contributed by atoms with Crippen molar-refractivity contribution in [1.29, 1.82) is 0 Å². The molecule has 2 aliphatic heterocycles. The maximum atomic E-state index is 13.2. The maximum Gasteiger partial charge on any atom is 0.341 e. The minimum atomic E-state index is -1.14. The van der Waals surface area contributed by atoms with Crippen LogP contribution in [0.15, 0.2) is 158 Å². The average molecular weight is 956 g/mol. The molecule has 0 aliphatic carbocycles. The van der Waals surface area contributed by atoms with E-state index in [2.05, 4.69) is 5.32 Å². The van der Waals surface area contributed by atoms with Crippen LogP contribution in [0.25, 0.3) is 0 Å². The Morgan fingerprint density at radius 1 is 0.529 bits per heavy atom. The van der Waals surface area contributed by atoms with Gasteiger partial charge in [0, 0.05) is 11.4 Å². The van der Waals surface area contributed by atoms with Gasteiger partial charge in [0.2, 0.25) is 11.8 Å². The molecule has 2 fully saturated rings. The molecule has 8 rings (SSSR count). The summed E-state index contributed by atoms with van der Waals surface area (Å²) in [6.07, 6.45) is -0.00958. The molecule has 6 aromatic carbocycles. The third-order valence-electron chi connectivity index (χ3n) is 12.1. The van der Waals surface area contributed by atoms with E-state index in [-0.39, 0.29) is 54.0 Å². The Kier molecular flexibility index (Phi) is 16.7. The predicted octanol–water partition coefficient (Wildman–Crippen LogP) is 8.13. The number of rotatable bonds is 20. The monoisotopic (exact) mass is 955 g/mol. The van der Waals surface area contributed by atoms with Crippen LogP contribution in [0.5, 0.6) is 11.5 Å². The summed E-state index contributed by atoms with van der Waals surface area (Å²) < 4.78 is 37.0. The molecular weight excluding hydrogens is 905 g/mol. The average Bonchev–Trinajstić information content (AvgIpc) is 3.36. The Morgan fingerprint density at radius 2 is 0.914 bits per heavy atom. The predicted molar refractivity (Wildman–Crippen MR) is 254 cm³/mol. The van der Waals surface area contributed by atoms with Gasteiger partial charge in [-0.1, -0.05) is 84.9 Å². The first-order valence-corrected chi connectivity index (χ1v) is 22.6. The van der Waals surface area contributed by atoms with Crippen molar-refractivity contribution < 1.29 is 62.7 Å². The van der Waals surface area contributed by atoms with E-state index < -0.39 is 43.2 Å². The fraction of sp³-hybridized carbons (Fsp3) is 0.241. The van der Waals surface area contributed by atoms with E-state index in [1.54, 1.807) is 46.2 Å². The molecule has 362 valence electrons. The van der Waals surface area contributed by atoms with E-state index in [9.17, 15) is 43.0 Å². The van der Waals surface area contributed by atoms with Crippen molar-refractivity contribution in [3.63, 3.8) is 0 Å². The minimum Gasteiger partial charge on any atom is -0.484 e. The molecule has 5 N–H and O–H groups in total. The molecule has 0 aromatic heterocycles. The number of hydrogen-bond acceptors (Lipinski definition) is 9. The van der Waals surface area contributed by atoms with Crippen molar-refractivity contribution in [2.45, 2.75) is 50.0 Å². The van der Waals surface area contributed by atoms with Crippen LogP contribution in [-0.2, 0) is 24.0 Å². The Hall–Kier alpha value is -7.95. The number of carboxylic acid groups (broad SMARTS) is 2. The number of β-lactam (4-membered cyclic amide) rings is 2. The van der Waals surface area contributed by atoms with Crippen LogP contribution in [0.1, 0.15) is 72.2 Å². The van der Waals surface area contributed by atoms with Crippen molar-refractivity contribution in [3.8, 4) is 11.5 Å². The van der Waals surface area contributed by atoms with Crippen molar-refractivity contribution in [2.75, 3.05) is 29.6 Å². The second-order valence-electron chi connectivity index (χ2n) is 16.8. The third kappa shape index (κ3) is 12.6. The van der Waals surface area contributed by atoms with Crippen molar-refractivity contribution >= 4 is 41.0 Å². The number of anilines is 2. The molecule has 2 saturated heterocycles. The van der Waals surface area contributed by atoms with E-state index in [4.69, 9.17) is 19.7 Å². The molecule has 2 heterocycles. The molecule has 6 atom stereocenters. The molecule has 0 spiro atoms. The van der Waals surface area contributed by atoms with Gasteiger partial charge in [0.15, 0.2) is 13.2 Å². The van der Waals surface area contributed by atoms with E-state index >= 15 is 0 Å². The van der Waals surface area contributed by atoms with Gasteiger partial charge in [0.1, 0.15) is 29.7 Å². The summed E-state index contributed by atoms with van der Waals surface area (Å²) in [5.41, 5.74) is 4.52. The standard InChI is InChI=1S/C28H27FN2O6.C26H24FNO5/c29-20-10-6-18(7-11-20)24(32)15-14-23-27(31(28(23)36)21-4-2-1-3-5-21)19-8-12-22(13-9-19)37-17-25(33)30-16-26(34)35;27-19-10-6-17(7-11-19)23(29)15-14-22-25(28(26(22)32)20-4-2-1-3-5-20)18-8-12-21(13-9-18)33-16-24(30)31/h1-13,23-24,27,32H,14-17H2,(H,30,33)(H,34,35);1-13,22-23,25,29H,14-16H2,(H,30,31)/t23-,24+,27-;22-,23+,25-/m11/s1. The van der Waals surface area contributed by atoms with Crippen LogP contribution in [0.3, 0.4) is 0 Å². The highest BCUT2D eigenvalue weighted by Crippen LogP contribution is 2.48. The number of carbonyl (C=O) groups excluding carboxylic acids is 3. The molecule has 6 aromatic rings. The lowest BCUT2D eigenvalue weighted by Gasteiger charge is -2.48. The van der Waals surface area contributed by atoms with Crippen LogP contribution < -0.4 is 24.6 Å². The van der Waals surface area contributed by atoms with Crippen LogP contribution in [-0.4, -0.2) is 69.8 Å². The Bertz CT molecular complexity index is 2710. The lowest BCUT2D eigenvalue weighted by Crippen LogP contribution is -2.55. The first kappa shape index (κ1) is 49.9. The summed E-state index contributed by atoms with van der Waals surface area (Å²) in [7, 11) is 0. The van der Waals surface area contributed by atoms with Gasteiger partial charge < -0.3 is 45.0 Å². The maximum absolute atomic E-state index is 13.2. The lowest BCUT2D eigenvalue weighted by molar-refractivity contribution is -0.139. The number of para-hydroxylation sites is 2. The van der Waals surface area contributed by atoms with Gasteiger partial charge in [-0.05, 0) is 121 Å². The first-order chi connectivity index (χ1) is 33.8. The molecule has 16 heteroatoms. The summed E-state index contributed by atoms with van der Waals surface area (Å²) in [6.45, 7) is -1.24. The molecule has 14 nitrogen and oxygen atoms in total. The SMILES string of the molecule is O=C(O)CNC(=O)COc1ccc([C@@H]2[C@@H](CC[C@H](O)c3ccc(F)cc3)C(=O)N2c2ccccc2)cc1.O=C(O)COc1ccc([C@@H]2[C@@H](CC[C@H](O)c3ccc(F)cc3)C(=O)N2c2ccccc2)cc1. The van der Waals surface area contributed by atoms with Crippen molar-refractivity contribution in [1.82, 2.24) is 5.32 Å². The molecule has 0 unspecified atom stereocenters. The molecular formula is C54H51F2N3O11. The number of aliphatic hydroxyl groups is 2. The van der Waals surface area contributed by atoms with Crippen molar-refractivity contribution in [3.05, 3.63) is 192 Å². The quantitative estimate of drug-likeness (QED) is 0.0463. The number of amides is 3. The number of ether oxygens (including phenoxy) is 2. The van der Waals surface area contributed by atoms with Gasteiger partial charge in [-0.2, -0.15) is 0 Å². The highest BCUT2D eigenvalue weighted by Gasteiger charge is 2.49. The topological polar surface area (TPSA) is 203 Å². The molecule has 70 heavy (non-hydrogen) atoms. The molecule has 3 amide bonds. The zero-order chi connectivity index (χ0) is 49.7. The molecule has 0 radical (unpaired) electrons. The van der Waals surface area contributed by atoms with Gasteiger partial charge >= 0.3 is 11.9 Å². The highest BCUT2D eigenvalue weighted by molar-refractivity contribution is 6.04. The minimum absolute atomic E-state index is 0.0243. The second-order valence-corrected chi connectivity index (χ2v) is 16.8. The fourth-order valence-electron chi connectivity index (χ4n) is 8.60. The Labute approximate surface area is 402 Å². The second kappa shape index (κ2) is 23.4. The van der Waals surface area contributed by atoms with Gasteiger partial charge in [0.25, 0.3) is 5.91 Å². The highest BCUT2D eigenvalue weighted by atomic mass is 19.1. The lowest BCUT2D eigenvalue weighted by atomic mass is 9.78. The Morgan fingerprint density at radius 3 is 1.29 bits per heavy atom. The number of carboxylic acids is 2. The van der Waals surface area contributed by atoms with Crippen LogP contribution in [0.2, 0.25) is 0 Å². The number of halogens is 2. The van der Waals surface area contributed by atoms with E-state index in [0.717, 1.165) is 22.5 Å². The smallest absolute Gasteiger partial charge is 0.341 e. The molecule has 2 aliphatic rings. The summed E-state index contributed by atoms with van der Waals surface area (Å²) >= 11 is 0. The van der Waals surface area contributed by atoms with Crippen LogP contribution in [0.4, 0.5) is 20.2 Å². The number of benzene rings is 6. The van der Waals surface area contributed by atoms with Gasteiger partial charge in [0.05, 0.1) is 36.1 Å². The number of aliphatic carboxylic acids is 2. The van der Waals surface area contributed by atoms with Gasteiger partial charge in [-0.15, -0.1) is 0 Å².